The first-order valence-electron chi connectivity index (χ1n) is 10.8. The van der Waals surface area contributed by atoms with E-state index < -0.39 is 53.8 Å². The minimum absolute atomic E-state index is 0.0500. The summed E-state index contributed by atoms with van der Waals surface area (Å²) in [5, 5.41) is 10.1. The molecule has 2 aromatic carbocycles. The van der Waals surface area contributed by atoms with Crippen molar-refractivity contribution < 1.29 is 31.9 Å². The Bertz CT molecular complexity index is 1390. The second-order valence-corrected chi connectivity index (χ2v) is 8.77. The molecular formula is C26H20F5N3O2. The van der Waals surface area contributed by atoms with E-state index in [-0.39, 0.29) is 28.9 Å². The van der Waals surface area contributed by atoms with Crippen molar-refractivity contribution in [3.8, 4) is 23.0 Å². The van der Waals surface area contributed by atoms with Crippen molar-refractivity contribution in [2.24, 2.45) is 11.5 Å². The minimum Gasteiger partial charge on any atom is -0.377 e. The van der Waals surface area contributed by atoms with E-state index in [1.807, 2.05) is 0 Å². The van der Waals surface area contributed by atoms with E-state index in [2.05, 4.69) is 16.8 Å². The van der Waals surface area contributed by atoms with Gasteiger partial charge in [0.1, 0.15) is 28.7 Å². The summed E-state index contributed by atoms with van der Waals surface area (Å²) in [4.78, 5) is 16.0. The molecule has 0 spiro atoms. The van der Waals surface area contributed by atoms with E-state index in [4.69, 9.17) is 11.5 Å². The smallest absolute Gasteiger partial charge is 0.255 e. The van der Waals surface area contributed by atoms with Gasteiger partial charge in [-0.25, -0.2) is 26.9 Å². The molecule has 0 radical (unpaired) electrons. The average molecular weight is 501 g/mol. The van der Waals surface area contributed by atoms with E-state index in [0.29, 0.717) is 17.2 Å². The molecule has 3 aromatic rings. The number of rotatable bonds is 5. The van der Waals surface area contributed by atoms with Crippen LogP contribution in [-0.2, 0) is 6.42 Å². The van der Waals surface area contributed by atoms with Crippen LogP contribution in [0.15, 0.2) is 48.5 Å². The van der Waals surface area contributed by atoms with E-state index in [1.165, 1.54) is 24.3 Å². The summed E-state index contributed by atoms with van der Waals surface area (Å²) in [5.74, 6) is -1.42. The van der Waals surface area contributed by atoms with Crippen LogP contribution >= 0.6 is 0 Å². The number of nitrogens with zero attached hydrogens (tertiary/aromatic N) is 1. The van der Waals surface area contributed by atoms with Gasteiger partial charge < -0.3 is 16.6 Å². The summed E-state index contributed by atoms with van der Waals surface area (Å²) < 4.78 is 67.7. The van der Waals surface area contributed by atoms with E-state index in [9.17, 15) is 31.9 Å². The van der Waals surface area contributed by atoms with Gasteiger partial charge in [-0.1, -0.05) is 12.0 Å². The first-order chi connectivity index (χ1) is 16.8. The van der Waals surface area contributed by atoms with Gasteiger partial charge in [0.25, 0.3) is 11.8 Å². The zero-order valence-corrected chi connectivity index (χ0v) is 18.7. The average Bonchev–Trinajstić information content (AvgIpc) is 2.75. The number of hydrogen-bond acceptors (Lipinski definition) is 4. The highest BCUT2D eigenvalue weighted by molar-refractivity contribution is 5.94. The van der Waals surface area contributed by atoms with Crippen molar-refractivity contribution in [1.29, 1.82) is 0 Å². The van der Waals surface area contributed by atoms with Crippen LogP contribution in [0, 0.1) is 29.3 Å². The molecular weight excluding hydrogens is 481 g/mol. The maximum Gasteiger partial charge on any atom is 0.255 e. The van der Waals surface area contributed by atoms with Crippen molar-refractivity contribution in [3.05, 3.63) is 88.5 Å². The zero-order chi connectivity index (χ0) is 26.3. The predicted octanol–water partition coefficient (Wildman–Crippen LogP) is 4.02. The molecule has 0 aliphatic heterocycles. The molecule has 1 aliphatic carbocycles. The van der Waals surface area contributed by atoms with E-state index in [0.717, 1.165) is 18.2 Å². The standard InChI is InChI=1S/C26H20F5N3O2/c27-16-7-14(8-17(28)11-16)9-22(32)23-19(15-1-4-21(29)20(10-15)24(33)35)3-2-18(34-23)5-6-25(36)12-26(30,31)13-25/h1-4,7-8,10-11,22,36H,9,12-13,32H2,(H2,33,35)/t22-/m0/s1. The summed E-state index contributed by atoms with van der Waals surface area (Å²) in [6.45, 7) is 0. The highest BCUT2D eigenvalue weighted by Gasteiger charge is 2.55. The van der Waals surface area contributed by atoms with Gasteiger partial charge in [-0.3, -0.25) is 4.79 Å². The zero-order valence-electron chi connectivity index (χ0n) is 18.7. The normalized spacial score (nSPS) is 16.4. The lowest BCUT2D eigenvalue weighted by Gasteiger charge is -2.39. The Morgan fingerprint density at radius 1 is 1.06 bits per heavy atom. The monoisotopic (exact) mass is 501 g/mol. The first-order valence-corrected chi connectivity index (χ1v) is 10.8. The van der Waals surface area contributed by atoms with Crippen molar-refractivity contribution in [1.82, 2.24) is 4.98 Å². The predicted molar refractivity (Wildman–Crippen MR) is 121 cm³/mol. The van der Waals surface area contributed by atoms with Gasteiger partial charge in [0, 0.05) is 11.6 Å². The second kappa shape index (κ2) is 9.33. The maximum atomic E-state index is 14.0. The van der Waals surface area contributed by atoms with Gasteiger partial charge in [0.05, 0.1) is 30.1 Å². The third-order valence-corrected chi connectivity index (χ3v) is 5.72. The molecule has 4 rings (SSSR count). The largest absolute Gasteiger partial charge is 0.377 e. The number of nitrogens with two attached hydrogens (primary N) is 2. The van der Waals surface area contributed by atoms with Crippen molar-refractivity contribution >= 4 is 5.91 Å². The van der Waals surface area contributed by atoms with Crippen LogP contribution in [0.3, 0.4) is 0 Å². The van der Waals surface area contributed by atoms with Gasteiger partial charge in [-0.15, -0.1) is 0 Å². The third kappa shape index (κ3) is 5.53. The van der Waals surface area contributed by atoms with Crippen LogP contribution in [0.25, 0.3) is 11.1 Å². The maximum absolute atomic E-state index is 14.0. The van der Waals surface area contributed by atoms with Crippen LogP contribution < -0.4 is 11.5 Å². The number of pyridine rings is 1. The minimum atomic E-state index is -2.99. The highest BCUT2D eigenvalue weighted by Crippen LogP contribution is 2.45. The summed E-state index contributed by atoms with van der Waals surface area (Å²) in [7, 11) is 0. The summed E-state index contributed by atoms with van der Waals surface area (Å²) in [6, 6.07) is 8.60. The van der Waals surface area contributed by atoms with Crippen LogP contribution in [0.2, 0.25) is 0 Å². The topological polar surface area (TPSA) is 102 Å². The summed E-state index contributed by atoms with van der Waals surface area (Å²) >= 11 is 0. The summed E-state index contributed by atoms with van der Waals surface area (Å²) in [5.41, 5.74) is 10.6. The Hall–Kier alpha value is -3.81. The SMILES string of the molecule is NC(=O)c1cc(-c2ccc(C#CC3(O)CC(F)(F)C3)nc2[C@@H](N)Cc2cc(F)cc(F)c2)ccc1F. The Morgan fingerprint density at radius 2 is 1.72 bits per heavy atom. The molecule has 1 fully saturated rings. The molecule has 5 nitrogen and oxygen atoms in total. The molecule has 1 aliphatic rings. The molecule has 10 heteroatoms. The van der Waals surface area contributed by atoms with Crippen molar-refractivity contribution in [2.45, 2.75) is 36.8 Å². The number of aromatic nitrogens is 1. The molecule has 186 valence electrons. The number of halogens is 5. The van der Waals surface area contributed by atoms with Crippen molar-refractivity contribution in [3.63, 3.8) is 0 Å². The molecule has 1 atom stereocenters. The van der Waals surface area contributed by atoms with Gasteiger partial charge in [0.15, 0.2) is 0 Å². The van der Waals surface area contributed by atoms with Crippen LogP contribution in [0.5, 0.6) is 0 Å². The first kappa shape index (κ1) is 25.3. The van der Waals surface area contributed by atoms with E-state index >= 15 is 0 Å². The number of carbonyl (C=O) groups excluding carboxylic acids is 1. The Morgan fingerprint density at radius 3 is 2.33 bits per heavy atom. The fourth-order valence-electron chi connectivity index (χ4n) is 4.11. The van der Waals surface area contributed by atoms with Gasteiger partial charge in [-0.05, 0) is 59.9 Å². The molecule has 0 bridgehead atoms. The molecule has 1 amide bonds. The Balaban J connectivity index is 1.76. The lowest BCUT2D eigenvalue weighted by atomic mass is 9.77. The van der Waals surface area contributed by atoms with Crippen molar-refractivity contribution in [2.75, 3.05) is 0 Å². The highest BCUT2D eigenvalue weighted by atomic mass is 19.3. The van der Waals surface area contributed by atoms with Gasteiger partial charge in [0.2, 0.25) is 0 Å². The lowest BCUT2D eigenvalue weighted by molar-refractivity contribution is -0.176. The van der Waals surface area contributed by atoms with Gasteiger partial charge in [-0.2, -0.15) is 0 Å². The second-order valence-electron chi connectivity index (χ2n) is 8.77. The number of benzene rings is 2. The molecule has 0 saturated heterocycles. The number of alkyl halides is 2. The Kier molecular flexibility index (Phi) is 6.56. The molecule has 36 heavy (non-hydrogen) atoms. The van der Waals surface area contributed by atoms with Crippen LogP contribution in [-0.4, -0.2) is 27.5 Å². The fourth-order valence-corrected chi connectivity index (χ4v) is 4.11. The Labute approximate surface area is 203 Å². The fraction of sp³-hybridized carbons (Fsp3) is 0.231. The number of hydrogen-bond donors (Lipinski definition) is 3. The molecule has 5 N–H and O–H groups in total. The quantitative estimate of drug-likeness (QED) is 0.363. The third-order valence-electron chi connectivity index (χ3n) is 5.72. The van der Waals surface area contributed by atoms with Gasteiger partial charge >= 0.3 is 0 Å². The van der Waals surface area contributed by atoms with Crippen LogP contribution in [0.4, 0.5) is 22.0 Å². The summed E-state index contributed by atoms with van der Waals surface area (Å²) in [6.07, 6.45) is -1.65. The number of carbonyl (C=O) groups is 1. The lowest BCUT2D eigenvalue weighted by Crippen LogP contribution is -2.50. The van der Waals surface area contributed by atoms with Crippen LogP contribution in [0.1, 0.15) is 46.2 Å². The number of aliphatic hydroxyl groups is 1. The number of primary amides is 1. The molecule has 0 unspecified atom stereocenters. The molecule has 1 aromatic heterocycles. The number of amides is 1. The molecule has 1 heterocycles. The molecule has 1 saturated carbocycles. The van der Waals surface area contributed by atoms with E-state index in [1.54, 1.807) is 0 Å².